The first-order valence-corrected chi connectivity index (χ1v) is 9.38. The van der Waals surface area contributed by atoms with Gasteiger partial charge in [0.05, 0.1) is 11.8 Å². The topological polar surface area (TPSA) is 70.8 Å². The molecule has 24 heavy (non-hydrogen) atoms. The van der Waals surface area contributed by atoms with Gasteiger partial charge in [0.2, 0.25) is 9.76 Å². The van der Waals surface area contributed by atoms with Crippen LogP contribution in [0.25, 0.3) is 0 Å². The third-order valence-electron chi connectivity index (χ3n) is 3.22. The minimum atomic E-state index is -0.407. The van der Waals surface area contributed by atoms with Crippen LogP contribution in [-0.4, -0.2) is 19.7 Å². The fourth-order valence-electron chi connectivity index (χ4n) is 2.07. The zero-order valence-corrected chi connectivity index (χ0v) is 16.7. The van der Waals surface area contributed by atoms with E-state index in [1.807, 2.05) is 19.2 Å². The summed E-state index contributed by atoms with van der Waals surface area (Å²) in [6, 6.07) is 4.08. The normalized spacial score (nSPS) is 12.0. The maximum atomic E-state index is 8.89. The molecule has 2 radical (unpaired) electrons. The zero-order chi connectivity index (χ0) is 18.0. The third-order valence-corrected chi connectivity index (χ3v) is 5.26. The molecule has 5 nitrogen and oxygen atoms in total. The van der Waals surface area contributed by atoms with Crippen LogP contribution in [-0.2, 0) is 10.0 Å². The molecule has 0 amide bonds. The molecule has 0 aliphatic carbocycles. The van der Waals surface area contributed by atoms with Gasteiger partial charge in [-0.1, -0.05) is 32.1 Å². The van der Waals surface area contributed by atoms with E-state index in [1.54, 1.807) is 6.20 Å². The average Bonchev–Trinajstić information content (AvgIpc) is 2.94. The van der Waals surface area contributed by atoms with Crippen LogP contribution < -0.4 is 5.32 Å². The van der Waals surface area contributed by atoms with Gasteiger partial charge in [0.1, 0.15) is 16.8 Å². The molecular formula is C17H22N4OSSi. The van der Waals surface area contributed by atoms with E-state index in [4.69, 9.17) is 9.69 Å². The summed E-state index contributed by atoms with van der Waals surface area (Å²) in [4.78, 5) is 9.16. The lowest BCUT2D eigenvalue weighted by Crippen LogP contribution is -2.28. The van der Waals surface area contributed by atoms with E-state index in [-0.39, 0.29) is 5.04 Å². The number of aromatic nitrogens is 2. The Morgan fingerprint density at radius 2 is 1.92 bits per heavy atom. The Balaban J connectivity index is 2.22. The fourth-order valence-corrected chi connectivity index (χ4v) is 3.36. The Morgan fingerprint density at radius 1 is 1.21 bits per heavy atom. The number of nitriles is 1. The summed E-state index contributed by atoms with van der Waals surface area (Å²) < 4.78 is 6.20. The van der Waals surface area contributed by atoms with Crippen molar-refractivity contribution >= 4 is 32.0 Å². The van der Waals surface area contributed by atoms with Crippen LogP contribution in [0.5, 0.6) is 0 Å². The highest BCUT2D eigenvalue weighted by Gasteiger charge is 2.27. The highest BCUT2D eigenvalue weighted by molar-refractivity contribution is 7.16. The van der Waals surface area contributed by atoms with Crippen LogP contribution >= 0.6 is 11.3 Å². The summed E-state index contributed by atoms with van der Waals surface area (Å²) in [5.41, 5.74) is 1.77. The van der Waals surface area contributed by atoms with E-state index in [2.05, 4.69) is 56.0 Å². The average molecular weight is 359 g/mol. The van der Waals surface area contributed by atoms with Crippen LogP contribution in [0.4, 0.5) is 10.9 Å². The number of pyridine rings is 1. The number of thiazole rings is 1. The monoisotopic (exact) mass is 358 g/mol. The van der Waals surface area contributed by atoms with Gasteiger partial charge in [0.15, 0.2) is 5.13 Å². The van der Waals surface area contributed by atoms with E-state index in [1.165, 1.54) is 11.3 Å². The van der Waals surface area contributed by atoms with Crippen LogP contribution in [0.15, 0.2) is 18.5 Å². The van der Waals surface area contributed by atoms with Crippen molar-refractivity contribution in [2.75, 3.05) is 5.32 Å². The second kappa shape index (κ2) is 7.01. The van der Waals surface area contributed by atoms with Crippen LogP contribution in [0.1, 0.15) is 50.6 Å². The van der Waals surface area contributed by atoms with Gasteiger partial charge >= 0.3 is 0 Å². The number of hydrogen-bond acceptors (Lipinski definition) is 6. The quantitative estimate of drug-likeness (QED) is 0.794. The van der Waals surface area contributed by atoms with E-state index in [0.717, 1.165) is 11.1 Å². The summed E-state index contributed by atoms with van der Waals surface area (Å²) in [7, 11) is 0.401. The summed E-state index contributed by atoms with van der Waals surface area (Å²) in [6.07, 6.45) is 3.39. The molecule has 0 saturated carbocycles. The Hall–Kier alpha value is -1.75. The smallest absolute Gasteiger partial charge is 0.236 e. The summed E-state index contributed by atoms with van der Waals surface area (Å²) in [5, 5.41) is 12.8. The van der Waals surface area contributed by atoms with E-state index in [9.17, 15) is 0 Å². The SMILES string of the molecule is Cc1cnc(Nc2ncc(C#N)s2)cc1C(C)(C)O[Si]C(C)(C)C. The standard InChI is InChI=1S/C17H22N4OSSi/c1-11-9-19-14(21-15-20-10-12(8-18)23-15)7-13(11)17(5,6)22-24-16(2,3)4/h7,9-10H,1-6H3,(H,19,20,21). The molecule has 0 saturated heterocycles. The Morgan fingerprint density at radius 3 is 2.50 bits per heavy atom. The molecule has 0 spiro atoms. The molecule has 0 aliphatic heterocycles. The van der Waals surface area contributed by atoms with Gasteiger partial charge in [0, 0.05) is 6.20 Å². The summed E-state index contributed by atoms with van der Waals surface area (Å²) >= 11 is 1.31. The molecule has 2 aromatic heterocycles. The lowest BCUT2D eigenvalue weighted by atomic mass is 9.95. The molecule has 0 bridgehead atoms. The van der Waals surface area contributed by atoms with Crippen molar-refractivity contribution in [1.82, 2.24) is 9.97 Å². The molecule has 2 aromatic rings. The van der Waals surface area contributed by atoms with Crippen LogP contribution in [0, 0.1) is 18.3 Å². The minimum Gasteiger partial charge on any atom is -0.408 e. The summed E-state index contributed by atoms with van der Waals surface area (Å²) in [5.74, 6) is 0.699. The van der Waals surface area contributed by atoms with Crippen molar-refractivity contribution < 1.29 is 4.43 Å². The van der Waals surface area contributed by atoms with Crippen LogP contribution in [0.3, 0.4) is 0 Å². The van der Waals surface area contributed by atoms with E-state index < -0.39 is 5.60 Å². The number of rotatable bonds is 5. The maximum absolute atomic E-state index is 8.89. The van der Waals surface area contributed by atoms with Gasteiger partial charge in [-0.15, -0.1) is 0 Å². The first-order valence-electron chi connectivity index (χ1n) is 7.66. The van der Waals surface area contributed by atoms with Gasteiger partial charge in [-0.2, -0.15) is 5.26 Å². The van der Waals surface area contributed by atoms with Crippen molar-refractivity contribution in [1.29, 1.82) is 5.26 Å². The first kappa shape index (κ1) is 18.6. The lowest BCUT2D eigenvalue weighted by molar-refractivity contribution is 0.109. The molecule has 126 valence electrons. The van der Waals surface area contributed by atoms with Gasteiger partial charge in [-0.05, 0) is 43.0 Å². The predicted octanol–water partition coefficient (Wildman–Crippen LogP) is 4.55. The molecule has 1 N–H and O–H groups in total. The molecule has 0 aromatic carbocycles. The Labute approximate surface area is 150 Å². The Bertz CT molecular complexity index is 759. The molecular weight excluding hydrogens is 336 g/mol. The molecule has 0 fully saturated rings. The fraction of sp³-hybridized carbons (Fsp3) is 0.471. The first-order chi connectivity index (χ1) is 11.1. The molecule has 7 heteroatoms. The van der Waals surface area contributed by atoms with Crippen molar-refractivity contribution in [2.45, 2.75) is 52.2 Å². The van der Waals surface area contributed by atoms with Gasteiger partial charge in [-0.3, -0.25) is 0 Å². The van der Waals surface area contributed by atoms with Crippen molar-refractivity contribution in [3.8, 4) is 6.07 Å². The lowest BCUT2D eigenvalue weighted by Gasteiger charge is -2.31. The van der Waals surface area contributed by atoms with Gasteiger partial charge in [0.25, 0.3) is 0 Å². The third kappa shape index (κ3) is 4.87. The minimum absolute atomic E-state index is 0.133. The van der Waals surface area contributed by atoms with Gasteiger partial charge in [-0.25, -0.2) is 9.97 Å². The van der Waals surface area contributed by atoms with E-state index >= 15 is 0 Å². The van der Waals surface area contributed by atoms with Crippen molar-refractivity contribution in [2.24, 2.45) is 0 Å². The molecule has 0 atom stereocenters. The molecule has 2 heterocycles. The molecule has 2 rings (SSSR count). The zero-order valence-electron chi connectivity index (χ0n) is 14.9. The van der Waals surface area contributed by atoms with Gasteiger partial charge < -0.3 is 9.74 Å². The Kier molecular flexibility index (Phi) is 5.43. The number of anilines is 2. The molecule has 0 aliphatic rings. The number of nitrogens with zero attached hydrogens (tertiary/aromatic N) is 3. The number of aryl methyl sites for hydroxylation is 1. The summed E-state index contributed by atoms with van der Waals surface area (Å²) in [6.45, 7) is 12.7. The predicted molar refractivity (Wildman–Crippen MR) is 98.7 cm³/mol. The molecule has 0 unspecified atom stereocenters. The maximum Gasteiger partial charge on any atom is 0.236 e. The highest BCUT2D eigenvalue weighted by Crippen LogP contribution is 2.32. The highest BCUT2D eigenvalue weighted by atomic mass is 32.1. The van der Waals surface area contributed by atoms with Crippen molar-refractivity contribution in [3.05, 3.63) is 34.5 Å². The van der Waals surface area contributed by atoms with Crippen molar-refractivity contribution in [3.63, 3.8) is 0 Å². The second-order valence-electron chi connectivity index (χ2n) is 7.12. The van der Waals surface area contributed by atoms with E-state index in [0.29, 0.717) is 25.6 Å². The largest absolute Gasteiger partial charge is 0.408 e. The second-order valence-corrected chi connectivity index (χ2v) is 10.1. The number of nitrogens with one attached hydrogen (secondary N) is 1. The number of hydrogen-bond donors (Lipinski definition) is 1. The van der Waals surface area contributed by atoms with Crippen LogP contribution in [0.2, 0.25) is 5.04 Å².